The van der Waals surface area contributed by atoms with E-state index in [2.05, 4.69) is 24.1 Å². The van der Waals surface area contributed by atoms with Gasteiger partial charge in [0, 0.05) is 12.1 Å². The molecule has 1 N–H and O–H groups in total. The fourth-order valence-corrected chi connectivity index (χ4v) is 2.83. The zero-order chi connectivity index (χ0) is 12.3. The number of nitrogens with one attached hydrogen (secondary N) is 1. The maximum atomic E-state index is 5.14. The molecule has 1 aromatic heterocycles. The Kier molecular flexibility index (Phi) is 3.87. The number of rotatable bonds is 4. The molecule has 0 aromatic carbocycles. The first-order valence-corrected chi connectivity index (χ1v) is 6.52. The number of anilines is 1. The van der Waals surface area contributed by atoms with Crippen LogP contribution in [-0.2, 0) is 0 Å². The number of ether oxygens (including phenoxy) is 1. The molecule has 1 aliphatic rings. The molecule has 3 atom stereocenters. The summed E-state index contributed by atoms with van der Waals surface area (Å²) >= 11 is 0. The third kappa shape index (κ3) is 2.71. The minimum atomic E-state index is 0.555. The number of aromatic nitrogens is 1. The molecule has 0 bridgehead atoms. The van der Waals surface area contributed by atoms with Crippen molar-refractivity contribution in [2.75, 3.05) is 12.4 Å². The first kappa shape index (κ1) is 12.2. The Morgan fingerprint density at radius 2 is 2.24 bits per heavy atom. The lowest BCUT2D eigenvalue weighted by Crippen LogP contribution is -2.25. The van der Waals surface area contributed by atoms with E-state index in [9.17, 15) is 0 Å². The van der Waals surface area contributed by atoms with Gasteiger partial charge in [-0.1, -0.05) is 26.3 Å². The topological polar surface area (TPSA) is 34.1 Å². The molecule has 3 unspecified atom stereocenters. The molecule has 3 nitrogen and oxygen atoms in total. The monoisotopic (exact) mass is 234 g/mol. The summed E-state index contributed by atoms with van der Waals surface area (Å²) in [5, 5.41) is 3.54. The van der Waals surface area contributed by atoms with Crippen molar-refractivity contribution >= 4 is 5.82 Å². The fourth-order valence-electron chi connectivity index (χ4n) is 2.83. The number of pyridine rings is 1. The Morgan fingerprint density at radius 1 is 1.41 bits per heavy atom. The Balaban J connectivity index is 2.01. The van der Waals surface area contributed by atoms with Gasteiger partial charge in [0.1, 0.15) is 5.82 Å². The Labute approximate surface area is 104 Å². The predicted octanol–water partition coefficient (Wildman–Crippen LogP) is 3.33. The third-order valence-corrected chi connectivity index (χ3v) is 4.02. The van der Waals surface area contributed by atoms with Crippen LogP contribution in [0.4, 0.5) is 5.82 Å². The van der Waals surface area contributed by atoms with E-state index in [1.807, 2.05) is 18.2 Å². The van der Waals surface area contributed by atoms with Crippen LogP contribution in [0.15, 0.2) is 18.2 Å². The average molecular weight is 234 g/mol. The van der Waals surface area contributed by atoms with Gasteiger partial charge in [-0.15, -0.1) is 0 Å². The number of hydrogen-bond donors (Lipinski definition) is 1. The summed E-state index contributed by atoms with van der Waals surface area (Å²) in [5.41, 5.74) is 0. The van der Waals surface area contributed by atoms with Gasteiger partial charge < -0.3 is 10.1 Å². The maximum Gasteiger partial charge on any atom is 0.214 e. The van der Waals surface area contributed by atoms with E-state index in [0.29, 0.717) is 11.9 Å². The average Bonchev–Trinajstić information content (AvgIpc) is 2.71. The zero-order valence-electron chi connectivity index (χ0n) is 10.9. The maximum absolute atomic E-state index is 5.14. The lowest BCUT2D eigenvalue weighted by atomic mass is 9.93. The predicted molar refractivity (Wildman–Crippen MR) is 70.4 cm³/mol. The standard InChI is InChI=1S/C14H22N2O/c1-4-11-8-9-12(10(11)2)15-13-6-5-7-14(16-13)17-3/h5-7,10-12H,4,8-9H2,1-3H3,(H,15,16). The van der Waals surface area contributed by atoms with E-state index >= 15 is 0 Å². The van der Waals surface area contributed by atoms with Crippen molar-refractivity contribution in [2.24, 2.45) is 11.8 Å². The normalized spacial score (nSPS) is 28.1. The van der Waals surface area contributed by atoms with Crippen LogP contribution >= 0.6 is 0 Å². The van der Waals surface area contributed by atoms with Crippen LogP contribution in [0.25, 0.3) is 0 Å². The van der Waals surface area contributed by atoms with Crippen molar-refractivity contribution in [1.82, 2.24) is 4.98 Å². The minimum Gasteiger partial charge on any atom is -0.481 e. The smallest absolute Gasteiger partial charge is 0.214 e. The first-order chi connectivity index (χ1) is 8.24. The molecule has 0 radical (unpaired) electrons. The second-order valence-corrected chi connectivity index (χ2v) is 4.92. The lowest BCUT2D eigenvalue weighted by molar-refractivity contribution is 0.389. The van der Waals surface area contributed by atoms with E-state index in [4.69, 9.17) is 4.74 Å². The third-order valence-electron chi connectivity index (χ3n) is 4.02. The lowest BCUT2D eigenvalue weighted by Gasteiger charge is -2.21. The Morgan fingerprint density at radius 3 is 2.88 bits per heavy atom. The SMILES string of the molecule is CCC1CCC(Nc2cccc(OC)n2)C1C. The molecule has 2 rings (SSSR count). The van der Waals surface area contributed by atoms with Crippen LogP contribution in [0.2, 0.25) is 0 Å². The summed E-state index contributed by atoms with van der Waals surface area (Å²) in [6.45, 7) is 4.63. The van der Waals surface area contributed by atoms with E-state index in [-0.39, 0.29) is 0 Å². The molecule has 0 saturated heterocycles. The number of hydrogen-bond acceptors (Lipinski definition) is 3. The van der Waals surface area contributed by atoms with Crippen LogP contribution in [0.1, 0.15) is 33.1 Å². The van der Waals surface area contributed by atoms with Crippen molar-refractivity contribution < 1.29 is 4.74 Å². The summed E-state index contributed by atoms with van der Waals surface area (Å²) < 4.78 is 5.14. The van der Waals surface area contributed by atoms with Gasteiger partial charge in [0.2, 0.25) is 5.88 Å². The molecule has 1 heterocycles. The summed E-state index contributed by atoms with van der Waals surface area (Å²) in [6, 6.07) is 6.41. The second kappa shape index (κ2) is 5.39. The van der Waals surface area contributed by atoms with Crippen molar-refractivity contribution in [3.63, 3.8) is 0 Å². The molecular formula is C14H22N2O. The number of methoxy groups -OCH3 is 1. The quantitative estimate of drug-likeness (QED) is 0.867. The van der Waals surface area contributed by atoms with Crippen LogP contribution in [-0.4, -0.2) is 18.1 Å². The Hall–Kier alpha value is -1.25. The number of nitrogens with zero attached hydrogens (tertiary/aromatic N) is 1. The molecule has 1 aliphatic carbocycles. The highest BCUT2D eigenvalue weighted by molar-refractivity contribution is 5.38. The van der Waals surface area contributed by atoms with Crippen LogP contribution in [0.5, 0.6) is 5.88 Å². The fraction of sp³-hybridized carbons (Fsp3) is 0.643. The summed E-state index contributed by atoms with van der Waals surface area (Å²) in [5.74, 6) is 3.19. The van der Waals surface area contributed by atoms with E-state index in [0.717, 1.165) is 17.7 Å². The van der Waals surface area contributed by atoms with E-state index in [1.54, 1.807) is 7.11 Å². The van der Waals surface area contributed by atoms with Gasteiger partial charge in [-0.05, 0) is 30.7 Å². The molecule has 0 aliphatic heterocycles. The molecule has 17 heavy (non-hydrogen) atoms. The molecule has 0 spiro atoms. The van der Waals surface area contributed by atoms with E-state index in [1.165, 1.54) is 19.3 Å². The van der Waals surface area contributed by atoms with Crippen LogP contribution in [0.3, 0.4) is 0 Å². The zero-order valence-corrected chi connectivity index (χ0v) is 10.9. The van der Waals surface area contributed by atoms with Gasteiger partial charge in [0.15, 0.2) is 0 Å². The molecule has 3 heteroatoms. The van der Waals surface area contributed by atoms with Crippen molar-refractivity contribution in [3.05, 3.63) is 18.2 Å². The largest absolute Gasteiger partial charge is 0.481 e. The molecule has 0 amide bonds. The van der Waals surface area contributed by atoms with Gasteiger partial charge >= 0.3 is 0 Å². The van der Waals surface area contributed by atoms with Gasteiger partial charge in [-0.2, -0.15) is 4.98 Å². The first-order valence-electron chi connectivity index (χ1n) is 6.52. The summed E-state index contributed by atoms with van der Waals surface area (Å²) in [4.78, 5) is 4.41. The summed E-state index contributed by atoms with van der Waals surface area (Å²) in [6.07, 6.45) is 3.86. The van der Waals surface area contributed by atoms with Gasteiger partial charge in [-0.25, -0.2) is 0 Å². The van der Waals surface area contributed by atoms with Crippen molar-refractivity contribution in [2.45, 2.75) is 39.2 Å². The Bertz CT molecular complexity index is 367. The second-order valence-electron chi connectivity index (χ2n) is 4.92. The van der Waals surface area contributed by atoms with Crippen molar-refractivity contribution in [1.29, 1.82) is 0 Å². The highest BCUT2D eigenvalue weighted by Gasteiger charge is 2.31. The molecular weight excluding hydrogens is 212 g/mol. The van der Waals surface area contributed by atoms with Crippen LogP contribution < -0.4 is 10.1 Å². The van der Waals surface area contributed by atoms with Gasteiger partial charge in [0.05, 0.1) is 7.11 Å². The van der Waals surface area contributed by atoms with E-state index < -0.39 is 0 Å². The van der Waals surface area contributed by atoms with Gasteiger partial charge in [0.25, 0.3) is 0 Å². The molecule has 1 aromatic rings. The minimum absolute atomic E-state index is 0.555. The molecule has 94 valence electrons. The highest BCUT2D eigenvalue weighted by Crippen LogP contribution is 2.35. The molecule has 1 fully saturated rings. The molecule has 1 saturated carbocycles. The van der Waals surface area contributed by atoms with Crippen molar-refractivity contribution in [3.8, 4) is 5.88 Å². The summed E-state index contributed by atoms with van der Waals surface area (Å²) in [7, 11) is 1.65. The highest BCUT2D eigenvalue weighted by atomic mass is 16.5. The van der Waals surface area contributed by atoms with Gasteiger partial charge in [-0.3, -0.25) is 0 Å². The van der Waals surface area contributed by atoms with Crippen LogP contribution in [0, 0.1) is 11.8 Å².